The van der Waals surface area contributed by atoms with Crippen molar-refractivity contribution >= 4 is 34.6 Å². The summed E-state index contributed by atoms with van der Waals surface area (Å²) < 4.78 is 5.11. The lowest BCUT2D eigenvalue weighted by Gasteiger charge is -2.08. The Kier molecular flexibility index (Phi) is 10.4. The largest absolute Gasteiger partial charge is 0.478 e. The van der Waals surface area contributed by atoms with Crippen LogP contribution in [0.2, 0.25) is 0 Å². The lowest BCUT2D eigenvalue weighted by Crippen LogP contribution is -2.21. The Balaban J connectivity index is 0.000000466. The summed E-state index contributed by atoms with van der Waals surface area (Å²) in [5, 5.41) is 22.9. The van der Waals surface area contributed by atoms with Crippen LogP contribution < -0.4 is 10.6 Å². The van der Waals surface area contributed by atoms with E-state index in [4.69, 9.17) is 19.9 Å². The number of fused-ring (bicyclic) bond motifs is 3. The molecular weight excluding hydrogens is 450 g/mol. The third-order valence-electron chi connectivity index (χ3n) is 4.62. The molecule has 0 atom stereocenters. The van der Waals surface area contributed by atoms with Gasteiger partial charge < -0.3 is 20.3 Å². The molecule has 1 amide bonds. The highest BCUT2D eigenvalue weighted by atomic mass is 16.5. The Morgan fingerprint density at radius 2 is 1.77 bits per heavy atom. The van der Waals surface area contributed by atoms with Crippen LogP contribution in [0.25, 0.3) is 22.2 Å². The van der Waals surface area contributed by atoms with Gasteiger partial charge in [-0.3, -0.25) is 5.32 Å². The van der Waals surface area contributed by atoms with E-state index >= 15 is 0 Å². The van der Waals surface area contributed by atoms with Gasteiger partial charge >= 0.3 is 18.0 Å². The molecule has 1 aromatic rings. The van der Waals surface area contributed by atoms with Gasteiger partial charge in [-0.25, -0.2) is 19.4 Å². The second-order valence-corrected chi connectivity index (χ2v) is 7.73. The van der Waals surface area contributed by atoms with Gasteiger partial charge in [-0.2, -0.15) is 0 Å². The number of ether oxygens (including phenoxy) is 1. The molecule has 0 spiro atoms. The molecule has 1 aliphatic carbocycles. The maximum atomic E-state index is 11.9. The van der Waals surface area contributed by atoms with Gasteiger partial charge in [-0.1, -0.05) is 50.3 Å². The van der Waals surface area contributed by atoms with E-state index in [2.05, 4.69) is 49.3 Å². The van der Waals surface area contributed by atoms with Crippen molar-refractivity contribution < 1.29 is 29.3 Å². The molecule has 1 heterocycles. The molecule has 0 unspecified atom stereocenters. The molecule has 1 aliphatic heterocycles. The van der Waals surface area contributed by atoms with E-state index in [9.17, 15) is 14.4 Å². The highest BCUT2D eigenvalue weighted by Crippen LogP contribution is 2.33. The Morgan fingerprint density at radius 1 is 1.09 bits per heavy atom. The number of amides is 1. The number of carbonyl (C=O) groups excluding carboxylic acids is 1. The second kappa shape index (κ2) is 13.5. The van der Waals surface area contributed by atoms with Gasteiger partial charge in [0.25, 0.3) is 0 Å². The fourth-order valence-electron chi connectivity index (χ4n) is 3.05. The van der Waals surface area contributed by atoms with E-state index in [-0.39, 0.29) is 0 Å². The second-order valence-electron chi connectivity index (χ2n) is 7.73. The number of benzene rings is 1. The summed E-state index contributed by atoms with van der Waals surface area (Å²) in [6.07, 6.45) is 2.98. The van der Waals surface area contributed by atoms with Crippen LogP contribution in [0.5, 0.6) is 0 Å². The third-order valence-corrected chi connectivity index (χ3v) is 4.62. The maximum Gasteiger partial charge on any atom is 0.411 e. The molecule has 2 aliphatic rings. The Morgan fingerprint density at radius 3 is 2.40 bits per heavy atom. The standard InChI is InChI=1S/C22H25N3O2.C4H4O4/c1-4-5-12-27-22(26)24-17-9-7-10-18-19-11-6-8-16(14-23-15(2)3)21(19)25-20(18)13-17;5-3(6)1-2-4(7)8/h4,6-11,13,15,23H,1,5,12,14H2,2-3H3,(H,24,26);1-2H,(H,5,6)(H,7,8)/b;2-1-. The topological polar surface area (TPSA) is 138 Å². The zero-order chi connectivity index (χ0) is 25.8. The molecule has 9 heteroatoms. The number of anilines is 1. The quantitative estimate of drug-likeness (QED) is 0.197. The number of carboxylic acid groups (broad SMARTS) is 2. The van der Waals surface area contributed by atoms with Gasteiger partial charge in [0, 0.05) is 41.4 Å². The molecule has 184 valence electrons. The molecule has 1 aromatic carbocycles. The van der Waals surface area contributed by atoms with Crippen molar-refractivity contribution in [3.8, 4) is 11.3 Å². The van der Waals surface area contributed by atoms with Gasteiger partial charge in [0.1, 0.15) is 0 Å². The SMILES string of the molecule is C=CCCOC(=O)Nc1cccc2c3cccc(CNC(C)C)c3nc-2c1.O=C(O)/C=C\C(=O)O. The number of aliphatic carboxylic acids is 2. The van der Waals surface area contributed by atoms with Crippen LogP contribution in [0.15, 0.2) is 67.3 Å². The number of nitrogens with zero attached hydrogens (tertiary/aromatic N) is 1. The number of aromatic nitrogens is 1. The first-order valence-electron chi connectivity index (χ1n) is 10.9. The molecule has 4 N–H and O–H groups in total. The minimum Gasteiger partial charge on any atom is -0.478 e. The van der Waals surface area contributed by atoms with Crippen molar-refractivity contribution in [3.63, 3.8) is 0 Å². The van der Waals surface area contributed by atoms with E-state index in [1.807, 2.05) is 24.3 Å². The van der Waals surface area contributed by atoms with Gasteiger partial charge in [0.05, 0.1) is 17.8 Å². The summed E-state index contributed by atoms with van der Waals surface area (Å²) in [4.78, 5) is 35.8. The number of nitrogens with one attached hydrogen (secondary N) is 2. The molecule has 0 saturated heterocycles. The molecule has 0 radical (unpaired) electrons. The van der Waals surface area contributed by atoms with E-state index < -0.39 is 18.0 Å². The number of carbonyl (C=O) groups is 3. The van der Waals surface area contributed by atoms with Crippen LogP contribution in [0.1, 0.15) is 25.8 Å². The summed E-state index contributed by atoms with van der Waals surface area (Å²) >= 11 is 0. The molecule has 3 rings (SSSR count). The first kappa shape index (κ1) is 27.0. The van der Waals surface area contributed by atoms with Gasteiger partial charge in [-0.05, 0) is 24.1 Å². The maximum absolute atomic E-state index is 11.9. The summed E-state index contributed by atoms with van der Waals surface area (Å²) in [6.45, 7) is 8.95. The van der Waals surface area contributed by atoms with Gasteiger partial charge in [0.15, 0.2) is 0 Å². The normalized spacial score (nSPS) is 10.7. The monoisotopic (exact) mass is 479 g/mol. The molecule has 0 fully saturated rings. The van der Waals surface area contributed by atoms with Crippen molar-refractivity contribution in [2.75, 3.05) is 11.9 Å². The van der Waals surface area contributed by atoms with Crippen molar-refractivity contribution in [1.82, 2.24) is 10.3 Å². The lowest BCUT2D eigenvalue weighted by atomic mass is 10.1. The minimum absolute atomic E-state index is 0.314. The van der Waals surface area contributed by atoms with E-state index in [1.54, 1.807) is 6.08 Å². The minimum atomic E-state index is -1.26. The first-order chi connectivity index (χ1) is 16.7. The zero-order valence-corrected chi connectivity index (χ0v) is 19.7. The average Bonchev–Trinajstić information content (AvgIpc) is 3.02. The number of rotatable bonds is 9. The zero-order valence-electron chi connectivity index (χ0n) is 19.7. The van der Waals surface area contributed by atoms with Crippen LogP contribution in [-0.2, 0) is 20.9 Å². The molecule has 35 heavy (non-hydrogen) atoms. The number of hydrogen-bond acceptors (Lipinski definition) is 6. The van der Waals surface area contributed by atoms with Crippen LogP contribution in [0, 0.1) is 0 Å². The van der Waals surface area contributed by atoms with Crippen molar-refractivity contribution in [3.05, 3.63) is 72.8 Å². The summed E-state index contributed by atoms with van der Waals surface area (Å²) in [7, 11) is 0. The predicted molar refractivity (Wildman–Crippen MR) is 135 cm³/mol. The van der Waals surface area contributed by atoms with Crippen molar-refractivity contribution in [2.24, 2.45) is 0 Å². The highest BCUT2D eigenvalue weighted by Gasteiger charge is 2.14. The van der Waals surface area contributed by atoms with Gasteiger partial charge in [-0.15, -0.1) is 6.58 Å². The van der Waals surface area contributed by atoms with Crippen molar-refractivity contribution in [2.45, 2.75) is 32.9 Å². The van der Waals surface area contributed by atoms with E-state index in [0.29, 0.717) is 36.9 Å². The van der Waals surface area contributed by atoms with Crippen LogP contribution in [-0.4, -0.2) is 45.9 Å². The Labute approximate surface area is 203 Å². The molecule has 9 nitrogen and oxygen atoms in total. The molecule has 0 saturated carbocycles. The van der Waals surface area contributed by atoms with Crippen molar-refractivity contribution in [1.29, 1.82) is 0 Å². The van der Waals surface area contributed by atoms with Crippen LogP contribution in [0.4, 0.5) is 10.5 Å². The van der Waals surface area contributed by atoms with E-state index in [0.717, 1.165) is 28.7 Å². The van der Waals surface area contributed by atoms with Gasteiger partial charge in [0.2, 0.25) is 0 Å². The molecule has 0 bridgehead atoms. The van der Waals surface area contributed by atoms with Crippen LogP contribution in [0.3, 0.4) is 0 Å². The number of para-hydroxylation sites is 1. The third kappa shape index (κ3) is 8.90. The smallest absolute Gasteiger partial charge is 0.411 e. The fourth-order valence-corrected chi connectivity index (χ4v) is 3.05. The Bertz CT molecular complexity index is 1170. The summed E-state index contributed by atoms with van der Waals surface area (Å²) in [5.74, 6) is -2.51. The highest BCUT2D eigenvalue weighted by molar-refractivity contribution is 5.99. The van der Waals surface area contributed by atoms with E-state index in [1.165, 1.54) is 5.56 Å². The summed E-state index contributed by atoms with van der Waals surface area (Å²) in [6, 6.07) is 14.3. The average molecular weight is 480 g/mol. The number of carboxylic acids is 2. The molecule has 0 aromatic heterocycles. The summed E-state index contributed by atoms with van der Waals surface area (Å²) in [5.41, 5.74) is 4.71. The Hall–Kier alpha value is -4.24. The first-order valence-corrected chi connectivity index (χ1v) is 10.9. The fraction of sp³-hybridized carbons (Fsp3) is 0.231. The lowest BCUT2D eigenvalue weighted by molar-refractivity contribution is -0.134. The number of hydrogen-bond donors (Lipinski definition) is 4. The van der Waals surface area contributed by atoms with Crippen LogP contribution >= 0.6 is 0 Å². The molecular formula is C26H29N3O6. The predicted octanol–water partition coefficient (Wildman–Crippen LogP) is 4.67.